The Kier molecular flexibility index (Phi) is 10.5. The molecule has 2 aromatic carbocycles. The summed E-state index contributed by atoms with van der Waals surface area (Å²) in [5, 5.41) is 5.17. The van der Waals surface area contributed by atoms with E-state index in [4.69, 9.17) is 14.6 Å². The van der Waals surface area contributed by atoms with Crippen LogP contribution in [0.25, 0.3) is 27.7 Å². The summed E-state index contributed by atoms with van der Waals surface area (Å²) in [7, 11) is -2.18. The van der Waals surface area contributed by atoms with E-state index in [-0.39, 0.29) is 23.7 Å². The quantitative estimate of drug-likeness (QED) is 0.205. The number of sulfonamides is 1. The highest BCUT2D eigenvalue weighted by molar-refractivity contribution is 7.90. The molecule has 2 aromatic heterocycles. The monoisotopic (exact) mass is 769 g/mol. The average molecular weight is 770 g/mol. The van der Waals surface area contributed by atoms with E-state index in [9.17, 15) is 18.0 Å². The predicted molar refractivity (Wildman–Crippen MR) is 216 cm³/mol. The Labute approximate surface area is 325 Å². The number of aromatic nitrogens is 3. The van der Waals surface area contributed by atoms with E-state index in [0.717, 1.165) is 70.4 Å². The second-order valence-corrected chi connectivity index (χ2v) is 19.1. The Balaban J connectivity index is 1.48. The summed E-state index contributed by atoms with van der Waals surface area (Å²) < 4.78 is 43.9. The molecule has 0 unspecified atom stereocenters. The van der Waals surface area contributed by atoms with Gasteiger partial charge < -0.3 is 18.9 Å². The molecular weight excluding hydrogens is 715 g/mol. The van der Waals surface area contributed by atoms with Crippen molar-refractivity contribution in [2.45, 2.75) is 122 Å². The van der Waals surface area contributed by atoms with Gasteiger partial charge in [-0.2, -0.15) is 5.10 Å². The minimum Gasteiger partial charge on any atom is -0.497 e. The topological polar surface area (TPSA) is 125 Å². The lowest BCUT2D eigenvalue weighted by Gasteiger charge is -2.35. The minimum absolute atomic E-state index is 0.0802. The number of fused-ring (bicyclic) bond motifs is 5. The molecule has 11 nitrogen and oxygen atoms in total. The fourth-order valence-electron chi connectivity index (χ4n) is 8.66. The number of morpholine rings is 1. The Morgan fingerprint density at radius 1 is 0.982 bits per heavy atom. The molecule has 0 bridgehead atoms. The van der Waals surface area contributed by atoms with Crippen LogP contribution in [0.4, 0.5) is 0 Å². The number of methoxy groups -OCH3 is 1. The number of carbonyl (C=O) groups is 2. The van der Waals surface area contributed by atoms with Crippen molar-refractivity contribution < 1.29 is 27.5 Å². The lowest BCUT2D eigenvalue weighted by molar-refractivity contribution is -0.0586. The van der Waals surface area contributed by atoms with Gasteiger partial charge in [-0.05, 0) is 121 Å². The molecule has 12 heteroatoms. The number of nitrogens with one attached hydrogen (secondary N) is 1. The zero-order valence-corrected chi connectivity index (χ0v) is 34.3. The van der Waals surface area contributed by atoms with Gasteiger partial charge in [0, 0.05) is 35.1 Å². The molecule has 2 amide bonds. The van der Waals surface area contributed by atoms with Crippen molar-refractivity contribution in [2.75, 3.05) is 20.2 Å². The Bertz CT molecular complexity index is 2260. The van der Waals surface area contributed by atoms with Crippen LogP contribution in [0.5, 0.6) is 5.75 Å². The van der Waals surface area contributed by atoms with Crippen LogP contribution in [0.15, 0.2) is 48.7 Å². The molecule has 0 spiro atoms. The molecule has 2 fully saturated rings. The SMILES string of the molecule is COc1ccc2c(c1)CC=C(c1c(C(=O)N3C[C@@H](C)O[C@@H](C)C3)cnn1C(C)(C)C)Cn1c-2c(C2CCCCC2)c2ccc(C(=O)NS(=O)(=O)C(C)C)cc21. The van der Waals surface area contributed by atoms with E-state index in [1.807, 2.05) is 41.6 Å². The first-order valence-corrected chi connectivity index (χ1v) is 21.2. The third-order valence-electron chi connectivity index (χ3n) is 11.3. The van der Waals surface area contributed by atoms with Gasteiger partial charge in [0.15, 0.2) is 0 Å². The minimum atomic E-state index is -3.85. The van der Waals surface area contributed by atoms with Gasteiger partial charge in [0.25, 0.3) is 11.8 Å². The van der Waals surface area contributed by atoms with E-state index in [1.165, 1.54) is 12.0 Å². The molecule has 2 atom stereocenters. The second kappa shape index (κ2) is 14.9. The van der Waals surface area contributed by atoms with Crippen molar-refractivity contribution in [3.63, 3.8) is 0 Å². The van der Waals surface area contributed by atoms with Crippen molar-refractivity contribution in [2.24, 2.45) is 0 Å². The van der Waals surface area contributed by atoms with Crippen LogP contribution in [0.2, 0.25) is 0 Å². The Morgan fingerprint density at radius 3 is 2.35 bits per heavy atom. The summed E-state index contributed by atoms with van der Waals surface area (Å²) in [5.74, 6) is 0.318. The number of amides is 2. The first kappa shape index (κ1) is 38.8. The van der Waals surface area contributed by atoms with Crippen molar-refractivity contribution in [3.05, 3.63) is 76.6 Å². The normalized spacial score (nSPS) is 19.7. The van der Waals surface area contributed by atoms with Crippen LogP contribution in [-0.4, -0.2) is 77.1 Å². The number of allylic oxidation sites excluding steroid dienone is 2. The highest BCUT2D eigenvalue weighted by Gasteiger charge is 2.35. The first-order chi connectivity index (χ1) is 26.1. The molecule has 1 aliphatic carbocycles. The molecule has 1 N–H and O–H groups in total. The highest BCUT2D eigenvalue weighted by atomic mass is 32.2. The van der Waals surface area contributed by atoms with Gasteiger partial charge in [-0.25, -0.2) is 13.1 Å². The number of hydrogen-bond donors (Lipinski definition) is 1. The molecule has 0 radical (unpaired) electrons. The maximum Gasteiger partial charge on any atom is 0.264 e. The van der Waals surface area contributed by atoms with Crippen LogP contribution in [0, 0.1) is 0 Å². The maximum absolute atomic E-state index is 14.6. The molecule has 294 valence electrons. The van der Waals surface area contributed by atoms with Gasteiger partial charge in [-0.15, -0.1) is 0 Å². The number of hydrogen-bond acceptors (Lipinski definition) is 7. The van der Waals surface area contributed by atoms with Gasteiger partial charge in [0.05, 0.1) is 59.8 Å². The summed E-state index contributed by atoms with van der Waals surface area (Å²) in [6.45, 7) is 14.7. The van der Waals surface area contributed by atoms with Gasteiger partial charge in [0.1, 0.15) is 5.75 Å². The van der Waals surface area contributed by atoms with Crippen LogP contribution < -0.4 is 9.46 Å². The zero-order valence-electron chi connectivity index (χ0n) is 33.4. The van der Waals surface area contributed by atoms with E-state index in [2.05, 4.69) is 48.3 Å². The lowest BCUT2D eigenvalue weighted by atomic mass is 9.81. The molecule has 2 aliphatic heterocycles. The molecule has 1 saturated carbocycles. The molecule has 3 aliphatic rings. The van der Waals surface area contributed by atoms with E-state index in [0.29, 0.717) is 37.5 Å². The number of carbonyl (C=O) groups excluding carboxylic acids is 2. The van der Waals surface area contributed by atoms with Crippen LogP contribution >= 0.6 is 0 Å². The summed E-state index contributed by atoms with van der Waals surface area (Å²) in [6, 6.07) is 11.8. The zero-order chi connectivity index (χ0) is 39.4. The van der Waals surface area contributed by atoms with E-state index >= 15 is 0 Å². The van der Waals surface area contributed by atoms with Gasteiger partial charge in [-0.3, -0.25) is 14.3 Å². The van der Waals surface area contributed by atoms with E-state index < -0.39 is 26.7 Å². The first-order valence-electron chi connectivity index (χ1n) is 19.7. The van der Waals surface area contributed by atoms with Crippen LogP contribution in [0.3, 0.4) is 0 Å². The number of benzene rings is 2. The number of nitrogens with zero attached hydrogens (tertiary/aromatic N) is 4. The second-order valence-electron chi connectivity index (χ2n) is 16.9. The maximum atomic E-state index is 14.6. The highest BCUT2D eigenvalue weighted by Crippen LogP contribution is 2.47. The predicted octanol–water partition coefficient (Wildman–Crippen LogP) is 7.67. The van der Waals surface area contributed by atoms with Crippen molar-refractivity contribution in [1.82, 2.24) is 24.0 Å². The fourth-order valence-corrected chi connectivity index (χ4v) is 9.27. The smallest absolute Gasteiger partial charge is 0.264 e. The lowest BCUT2D eigenvalue weighted by Crippen LogP contribution is -2.48. The van der Waals surface area contributed by atoms with E-state index in [1.54, 1.807) is 33.2 Å². The third-order valence-corrected chi connectivity index (χ3v) is 13.1. The summed E-state index contributed by atoms with van der Waals surface area (Å²) in [4.78, 5) is 30.0. The van der Waals surface area contributed by atoms with Crippen molar-refractivity contribution >= 4 is 38.3 Å². The fraction of sp³-hybridized carbons (Fsp3) is 0.512. The van der Waals surface area contributed by atoms with Crippen LogP contribution in [-0.2, 0) is 33.3 Å². The summed E-state index contributed by atoms with van der Waals surface area (Å²) in [6.07, 6.45) is 9.94. The number of ether oxygens (including phenoxy) is 2. The average Bonchev–Trinajstić information content (AvgIpc) is 3.71. The Morgan fingerprint density at radius 2 is 1.69 bits per heavy atom. The summed E-state index contributed by atoms with van der Waals surface area (Å²) >= 11 is 0. The summed E-state index contributed by atoms with van der Waals surface area (Å²) in [5.41, 5.74) is 7.41. The van der Waals surface area contributed by atoms with Crippen LogP contribution in [0.1, 0.15) is 124 Å². The van der Waals surface area contributed by atoms with Gasteiger partial charge in [0.2, 0.25) is 10.0 Å². The number of rotatable bonds is 7. The van der Waals surface area contributed by atoms with Gasteiger partial charge >= 0.3 is 0 Å². The van der Waals surface area contributed by atoms with Gasteiger partial charge in [-0.1, -0.05) is 31.4 Å². The largest absolute Gasteiger partial charge is 0.497 e. The van der Waals surface area contributed by atoms with Crippen molar-refractivity contribution in [1.29, 1.82) is 0 Å². The molecule has 1 saturated heterocycles. The molecule has 7 rings (SSSR count). The van der Waals surface area contributed by atoms with Crippen molar-refractivity contribution in [3.8, 4) is 17.0 Å². The molecule has 55 heavy (non-hydrogen) atoms. The standard InChI is InChI=1S/C43H55N5O6S/c1-26(2)55(51,52)45-41(49)31-16-18-35-37(21-31)47-25-32(39-36(22-44-48(39)43(5,6)7)42(50)46-23-27(3)54-28(4)24-46)15-14-30-20-33(53-8)17-19-34(30)40(47)38(35)29-12-10-9-11-13-29/h15-22,26-29H,9-14,23-25H2,1-8H3,(H,45,49)/t27-,28+. The third kappa shape index (κ3) is 7.47. The Hall–Kier alpha value is -4.42. The molecular formula is C43H55N5O6S. The molecule has 4 heterocycles. The molecule has 4 aromatic rings.